The second kappa shape index (κ2) is 15.0. The second-order valence-corrected chi connectivity index (χ2v) is 16.1. The van der Waals surface area contributed by atoms with Gasteiger partial charge in [0.2, 0.25) is 0 Å². The predicted octanol–water partition coefficient (Wildman–Crippen LogP) is 14.9. The van der Waals surface area contributed by atoms with Gasteiger partial charge in [-0.15, -0.1) is 0 Å². The Bertz CT molecular complexity index is 3260. The summed E-state index contributed by atoms with van der Waals surface area (Å²) in [6.07, 6.45) is -10.1. The summed E-state index contributed by atoms with van der Waals surface area (Å²) < 4.78 is 86.3. The molecule has 4 nitrogen and oxygen atoms in total. The van der Waals surface area contributed by atoms with E-state index in [0.29, 0.717) is 45.3 Å². The normalized spacial score (nSPS) is 13.0. The van der Waals surface area contributed by atoms with E-state index >= 15 is 4.79 Å². The second-order valence-electron chi connectivity index (χ2n) is 16.1. The lowest BCUT2D eigenvalue weighted by molar-refractivity contribution is -0.143. The lowest BCUT2D eigenvalue weighted by atomic mass is 9.97. The number of fused-ring (bicyclic) bond motifs is 4. The third kappa shape index (κ3) is 7.01. The van der Waals surface area contributed by atoms with E-state index in [1.54, 1.807) is 41.0 Å². The van der Waals surface area contributed by atoms with Crippen LogP contribution in [0.2, 0.25) is 0 Å². The van der Waals surface area contributed by atoms with Crippen LogP contribution < -0.4 is 4.90 Å². The van der Waals surface area contributed by atoms with E-state index in [4.69, 9.17) is 0 Å². The molecule has 2 heterocycles. The average molecular weight is 857 g/mol. The van der Waals surface area contributed by atoms with Gasteiger partial charge in [0.15, 0.2) is 0 Å². The summed E-state index contributed by atoms with van der Waals surface area (Å²) in [6, 6.07) is 47.9. The molecule has 1 aliphatic rings. The Morgan fingerprint density at radius 3 is 1.39 bits per heavy atom. The van der Waals surface area contributed by atoms with Crippen molar-refractivity contribution in [3.8, 4) is 50.2 Å². The van der Waals surface area contributed by atoms with Gasteiger partial charge >= 0.3 is 12.4 Å². The van der Waals surface area contributed by atoms with Crippen molar-refractivity contribution in [1.82, 2.24) is 4.57 Å². The molecular formula is C54H34F6N2O2. The number of hydrogen-bond donors (Lipinski definition) is 0. The van der Waals surface area contributed by atoms with E-state index in [1.165, 1.54) is 12.1 Å². The van der Waals surface area contributed by atoms with Crippen LogP contribution in [0.4, 0.5) is 32.0 Å². The highest BCUT2D eigenvalue weighted by atomic mass is 19.4. The van der Waals surface area contributed by atoms with E-state index in [-0.39, 0.29) is 28.3 Å². The SMILES string of the molecule is Cc1cc(C)cc(-c2ccc3c4ccc(-c5cc(C(F)(F)F)cc(C(F)(F)F)c5)cc4n(-c4cccc5c4C(=O)N(c4cc(-c6ccccc6)cc(-c6ccccc6)c4)C5=O)c3c2)c1. The van der Waals surface area contributed by atoms with E-state index in [2.05, 4.69) is 6.07 Å². The number of hydrogen-bond acceptors (Lipinski definition) is 2. The molecule has 0 atom stereocenters. The van der Waals surface area contributed by atoms with Crippen molar-refractivity contribution in [1.29, 1.82) is 0 Å². The first-order valence-corrected chi connectivity index (χ1v) is 20.4. The van der Waals surface area contributed by atoms with Crippen molar-refractivity contribution < 1.29 is 35.9 Å². The first-order valence-electron chi connectivity index (χ1n) is 20.4. The minimum Gasteiger partial charge on any atom is -0.308 e. The third-order valence-corrected chi connectivity index (χ3v) is 11.8. The molecule has 64 heavy (non-hydrogen) atoms. The molecule has 1 aliphatic heterocycles. The van der Waals surface area contributed by atoms with Gasteiger partial charge in [-0.25, -0.2) is 4.90 Å². The summed E-state index contributed by atoms with van der Waals surface area (Å²) >= 11 is 0. The van der Waals surface area contributed by atoms with Crippen LogP contribution in [0.1, 0.15) is 43.0 Å². The van der Waals surface area contributed by atoms with Crippen LogP contribution in [0.3, 0.4) is 0 Å². The molecule has 1 aromatic heterocycles. The highest BCUT2D eigenvalue weighted by Crippen LogP contribution is 2.44. The quantitative estimate of drug-likeness (QED) is 0.123. The van der Waals surface area contributed by atoms with Gasteiger partial charge in [0.1, 0.15) is 0 Å². The maximum absolute atomic E-state index is 15.1. The van der Waals surface area contributed by atoms with Gasteiger partial charge in [-0.05, 0) is 119 Å². The maximum atomic E-state index is 15.1. The number of carbonyl (C=O) groups is 2. The van der Waals surface area contributed by atoms with Crippen LogP contribution >= 0.6 is 0 Å². The zero-order valence-electron chi connectivity index (χ0n) is 34.1. The van der Waals surface area contributed by atoms with Gasteiger partial charge in [0.05, 0.1) is 44.7 Å². The molecule has 0 spiro atoms. The number of carbonyl (C=O) groups excluding carboxylic acids is 2. The predicted molar refractivity (Wildman–Crippen MR) is 240 cm³/mol. The molecule has 314 valence electrons. The lowest BCUT2D eigenvalue weighted by Crippen LogP contribution is -2.29. The minimum atomic E-state index is -5.05. The van der Waals surface area contributed by atoms with Crippen LogP contribution in [0.25, 0.3) is 72.0 Å². The Hall–Kier alpha value is -7.72. The highest BCUT2D eigenvalue weighted by molar-refractivity contribution is 6.36. The molecule has 10 rings (SSSR count). The topological polar surface area (TPSA) is 42.3 Å². The van der Waals surface area contributed by atoms with E-state index in [9.17, 15) is 31.1 Å². The molecule has 0 fully saturated rings. The standard InChI is InChI=1S/C54H34F6N2O2/c1-31-20-32(2)22-37(21-31)35-16-18-44-45-19-17-36(40-24-41(53(55,56)57)30-42(25-40)54(58,59)60)29-49(45)62(48(44)28-35)47-15-9-14-46-50(47)52(64)61(51(46)63)43-26-38(33-10-5-3-6-11-33)23-39(27-43)34-12-7-4-8-13-34/h3-30H,1-2H3. The van der Waals surface area contributed by atoms with Crippen LogP contribution in [0.5, 0.6) is 0 Å². The molecule has 0 saturated carbocycles. The minimum absolute atomic E-state index is 0.0884. The molecule has 0 radical (unpaired) electrons. The summed E-state index contributed by atoms with van der Waals surface area (Å²) in [5.41, 5.74) is 5.98. The van der Waals surface area contributed by atoms with Crippen molar-refractivity contribution in [2.45, 2.75) is 26.2 Å². The Balaban J connectivity index is 1.21. The summed E-state index contributed by atoms with van der Waals surface area (Å²) in [7, 11) is 0. The number of alkyl halides is 6. The molecular weight excluding hydrogens is 823 g/mol. The van der Waals surface area contributed by atoms with Crippen LogP contribution in [0.15, 0.2) is 170 Å². The number of halogens is 6. The fourth-order valence-electron chi connectivity index (χ4n) is 8.92. The van der Waals surface area contributed by atoms with Crippen LogP contribution in [0, 0.1) is 13.8 Å². The molecule has 0 unspecified atom stereocenters. The van der Waals surface area contributed by atoms with Crippen LogP contribution in [-0.2, 0) is 12.4 Å². The highest BCUT2D eigenvalue weighted by Gasteiger charge is 2.40. The molecule has 0 bridgehead atoms. The van der Waals surface area contributed by atoms with Crippen molar-refractivity contribution >= 4 is 39.3 Å². The molecule has 0 saturated heterocycles. The number of nitrogens with zero attached hydrogens (tertiary/aromatic N) is 2. The fourth-order valence-corrected chi connectivity index (χ4v) is 8.92. The maximum Gasteiger partial charge on any atom is 0.416 e. The summed E-state index contributed by atoms with van der Waals surface area (Å²) in [6.45, 7) is 3.98. The first-order chi connectivity index (χ1) is 30.6. The van der Waals surface area contributed by atoms with Crippen molar-refractivity contribution in [2.75, 3.05) is 4.90 Å². The van der Waals surface area contributed by atoms with Gasteiger partial charge < -0.3 is 4.57 Å². The monoisotopic (exact) mass is 856 g/mol. The van der Waals surface area contributed by atoms with Gasteiger partial charge in [0, 0.05) is 10.8 Å². The number of rotatable bonds is 6. The number of benzene rings is 8. The van der Waals surface area contributed by atoms with E-state index < -0.39 is 35.3 Å². The first kappa shape index (κ1) is 40.4. The zero-order chi connectivity index (χ0) is 44.7. The molecule has 8 aromatic carbocycles. The molecule has 0 aliphatic carbocycles. The van der Waals surface area contributed by atoms with Gasteiger partial charge in [0.25, 0.3) is 11.8 Å². The van der Waals surface area contributed by atoms with E-state index in [1.807, 2.05) is 111 Å². The molecule has 10 heteroatoms. The summed E-state index contributed by atoms with van der Waals surface area (Å²) in [5, 5.41) is 1.34. The third-order valence-electron chi connectivity index (χ3n) is 11.8. The smallest absolute Gasteiger partial charge is 0.308 e. The van der Waals surface area contributed by atoms with Gasteiger partial charge in [-0.1, -0.05) is 120 Å². The number of imide groups is 1. The molecule has 9 aromatic rings. The summed E-state index contributed by atoms with van der Waals surface area (Å²) in [5.74, 6) is -1.14. The largest absolute Gasteiger partial charge is 0.416 e. The Morgan fingerprint density at radius 2 is 0.891 bits per heavy atom. The summed E-state index contributed by atoms with van der Waals surface area (Å²) in [4.78, 5) is 30.9. The Kier molecular flexibility index (Phi) is 9.44. The molecule has 0 N–H and O–H groups in total. The van der Waals surface area contributed by atoms with Crippen molar-refractivity contribution in [3.05, 3.63) is 203 Å². The van der Waals surface area contributed by atoms with E-state index in [0.717, 1.165) is 49.4 Å². The van der Waals surface area contributed by atoms with Crippen molar-refractivity contribution in [2.24, 2.45) is 0 Å². The van der Waals surface area contributed by atoms with Crippen molar-refractivity contribution in [3.63, 3.8) is 0 Å². The van der Waals surface area contributed by atoms with Crippen LogP contribution in [-0.4, -0.2) is 16.4 Å². The average Bonchev–Trinajstić information content (AvgIpc) is 3.74. The van der Waals surface area contributed by atoms with Gasteiger partial charge in [-0.2, -0.15) is 26.3 Å². The number of amides is 2. The Labute approximate surface area is 363 Å². The number of anilines is 1. The van der Waals surface area contributed by atoms with Gasteiger partial charge in [-0.3, -0.25) is 9.59 Å². The fraction of sp³-hybridized carbons (Fsp3) is 0.0741. The number of aromatic nitrogens is 1. The number of aryl methyl sites for hydroxylation is 2. The molecule has 2 amide bonds. The Morgan fingerprint density at radius 1 is 0.406 bits per heavy atom. The zero-order valence-corrected chi connectivity index (χ0v) is 34.1. The lowest BCUT2D eigenvalue weighted by Gasteiger charge is -2.18.